The number of fused-ring (bicyclic) bond motifs is 1. The van der Waals surface area contributed by atoms with E-state index in [2.05, 4.69) is 0 Å². The quantitative estimate of drug-likeness (QED) is 0.567. The molecule has 2 atom stereocenters. The summed E-state index contributed by atoms with van der Waals surface area (Å²) in [7, 11) is 1.25. The molecule has 1 aliphatic carbocycles. The van der Waals surface area contributed by atoms with Crippen molar-refractivity contribution in [2.75, 3.05) is 26.9 Å². The Kier molecular flexibility index (Phi) is 7.27. The number of aliphatic imine (C=N–C) groups is 1. The van der Waals surface area contributed by atoms with Gasteiger partial charge >= 0.3 is 12.1 Å². The zero-order valence-electron chi connectivity index (χ0n) is 20.5. The lowest BCUT2D eigenvalue weighted by Gasteiger charge is -2.41. The fourth-order valence-electron chi connectivity index (χ4n) is 5.67. The maximum atomic E-state index is 14.0. The van der Waals surface area contributed by atoms with E-state index < -0.39 is 29.0 Å². The number of methoxy groups -OCH3 is 1. The first kappa shape index (κ1) is 25.7. The zero-order valence-corrected chi connectivity index (χ0v) is 20.5. The number of carbonyl (C=O) groups is 2. The summed E-state index contributed by atoms with van der Waals surface area (Å²) in [6, 6.07) is 3.59. The van der Waals surface area contributed by atoms with Crippen LogP contribution in [0.2, 0.25) is 0 Å². The molecule has 0 N–H and O–H groups in total. The van der Waals surface area contributed by atoms with Crippen LogP contribution in [0, 0.1) is 11.3 Å². The second-order valence-electron chi connectivity index (χ2n) is 10.2. The molecule has 2 fully saturated rings. The van der Waals surface area contributed by atoms with Crippen LogP contribution in [-0.4, -0.2) is 55.4 Å². The van der Waals surface area contributed by atoms with Gasteiger partial charge in [-0.25, -0.2) is 0 Å². The molecule has 2 heterocycles. The van der Waals surface area contributed by atoms with E-state index in [0.717, 1.165) is 37.1 Å². The van der Waals surface area contributed by atoms with E-state index in [1.165, 1.54) is 13.2 Å². The Labute approximate surface area is 203 Å². The van der Waals surface area contributed by atoms with E-state index in [1.807, 2.05) is 13.8 Å². The van der Waals surface area contributed by atoms with Crippen LogP contribution < -0.4 is 0 Å². The van der Waals surface area contributed by atoms with Gasteiger partial charge < -0.3 is 14.4 Å². The molecule has 1 saturated carbocycles. The van der Waals surface area contributed by atoms with Crippen LogP contribution in [0.15, 0.2) is 23.2 Å². The lowest BCUT2D eigenvalue weighted by Crippen LogP contribution is -2.49. The first-order valence-corrected chi connectivity index (χ1v) is 12.3. The van der Waals surface area contributed by atoms with Gasteiger partial charge in [-0.15, -0.1) is 0 Å². The number of hydrogen-bond acceptors (Lipinski definition) is 5. The average Bonchev–Trinajstić information content (AvgIpc) is 3.27. The predicted molar refractivity (Wildman–Crippen MR) is 124 cm³/mol. The standard InChI is InChI=1S/C26H33F3N2O4/c1-16(2)25(9-6-20(13-25)30-19-7-10-35-11-8-19)24(33)31-14-17-12-18(26(27,28)29)4-5-21(17)22(15-31)23(32)34-3/h4-5,12,16,19,22H,6-11,13-15H2,1-3H3/t22?,25-/m0/s1. The summed E-state index contributed by atoms with van der Waals surface area (Å²) < 4.78 is 50.5. The number of esters is 1. The van der Waals surface area contributed by atoms with Crippen LogP contribution in [0.5, 0.6) is 0 Å². The van der Waals surface area contributed by atoms with Crippen molar-refractivity contribution >= 4 is 17.6 Å². The number of hydrogen-bond donors (Lipinski definition) is 0. The van der Waals surface area contributed by atoms with Crippen LogP contribution in [0.4, 0.5) is 13.2 Å². The topological polar surface area (TPSA) is 68.2 Å². The van der Waals surface area contributed by atoms with Gasteiger partial charge in [0, 0.05) is 32.0 Å². The third-order valence-electron chi connectivity index (χ3n) is 7.85. The van der Waals surface area contributed by atoms with Crippen molar-refractivity contribution in [1.29, 1.82) is 0 Å². The van der Waals surface area contributed by atoms with Crippen molar-refractivity contribution in [3.05, 3.63) is 34.9 Å². The molecule has 3 aliphatic rings. The van der Waals surface area contributed by atoms with Crippen LogP contribution in [0.1, 0.15) is 68.6 Å². The monoisotopic (exact) mass is 494 g/mol. The molecule has 0 aromatic heterocycles. The maximum Gasteiger partial charge on any atom is 0.416 e. The molecule has 1 saturated heterocycles. The number of nitrogens with zero attached hydrogens (tertiary/aromatic N) is 2. The SMILES string of the molecule is COC(=O)C1CN(C(=O)[C@@]2(C(C)C)CCC(=NC3CCOCC3)C2)Cc2cc(C(F)(F)F)ccc21. The molecule has 1 aromatic rings. The fraction of sp³-hybridized carbons (Fsp3) is 0.654. The molecule has 0 bridgehead atoms. The molecule has 2 aliphatic heterocycles. The molecule has 1 unspecified atom stereocenters. The summed E-state index contributed by atoms with van der Waals surface area (Å²) in [4.78, 5) is 33.1. The second kappa shape index (κ2) is 9.91. The number of ether oxygens (including phenoxy) is 2. The highest BCUT2D eigenvalue weighted by Gasteiger charge is 2.50. The molecule has 9 heteroatoms. The largest absolute Gasteiger partial charge is 0.468 e. The van der Waals surface area contributed by atoms with Crippen molar-refractivity contribution in [3.8, 4) is 0 Å². The molecule has 4 rings (SSSR count). The van der Waals surface area contributed by atoms with E-state index in [1.54, 1.807) is 4.90 Å². The molecule has 35 heavy (non-hydrogen) atoms. The van der Waals surface area contributed by atoms with Crippen LogP contribution in [-0.2, 0) is 31.8 Å². The molecule has 1 aromatic carbocycles. The van der Waals surface area contributed by atoms with Crippen molar-refractivity contribution < 1.29 is 32.2 Å². The van der Waals surface area contributed by atoms with Gasteiger partial charge in [0.15, 0.2) is 0 Å². The van der Waals surface area contributed by atoms with Gasteiger partial charge in [0.2, 0.25) is 5.91 Å². The molecule has 0 radical (unpaired) electrons. The Morgan fingerprint density at radius 3 is 2.57 bits per heavy atom. The molecule has 6 nitrogen and oxygen atoms in total. The maximum absolute atomic E-state index is 14.0. The van der Waals surface area contributed by atoms with E-state index in [0.29, 0.717) is 37.2 Å². The van der Waals surface area contributed by atoms with Gasteiger partial charge in [-0.05, 0) is 61.3 Å². The van der Waals surface area contributed by atoms with E-state index in [9.17, 15) is 22.8 Å². The number of amides is 1. The number of benzene rings is 1. The number of rotatable bonds is 4. The van der Waals surface area contributed by atoms with Crippen LogP contribution in [0.25, 0.3) is 0 Å². The fourth-order valence-corrected chi connectivity index (χ4v) is 5.67. The van der Waals surface area contributed by atoms with Gasteiger partial charge in [0.05, 0.1) is 30.0 Å². The Bertz CT molecular complexity index is 1000. The minimum Gasteiger partial charge on any atom is -0.468 e. The first-order valence-electron chi connectivity index (χ1n) is 12.3. The highest BCUT2D eigenvalue weighted by molar-refractivity contribution is 5.96. The van der Waals surface area contributed by atoms with Crippen molar-refractivity contribution in [2.24, 2.45) is 16.3 Å². The third-order valence-corrected chi connectivity index (χ3v) is 7.85. The summed E-state index contributed by atoms with van der Waals surface area (Å²) in [5.74, 6) is -1.50. The predicted octanol–water partition coefficient (Wildman–Crippen LogP) is 4.75. The second-order valence-corrected chi connectivity index (χ2v) is 10.2. The Hall–Kier alpha value is -2.42. The Balaban J connectivity index is 1.63. The molecule has 192 valence electrons. The van der Waals surface area contributed by atoms with Crippen molar-refractivity contribution in [2.45, 2.75) is 70.6 Å². The summed E-state index contributed by atoms with van der Waals surface area (Å²) in [5, 5.41) is 0. The van der Waals surface area contributed by atoms with Crippen molar-refractivity contribution in [3.63, 3.8) is 0 Å². The highest BCUT2D eigenvalue weighted by Crippen LogP contribution is 2.46. The van der Waals surface area contributed by atoms with Gasteiger partial charge in [0.25, 0.3) is 0 Å². The third kappa shape index (κ3) is 5.10. The smallest absolute Gasteiger partial charge is 0.416 e. The number of alkyl halides is 3. The van der Waals surface area contributed by atoms with Gasteiger partial charge in [-0.1, -0.05) is 19.9 Å². The number of halogens is 3. The summed E-state index contributed by atoms with van der Waals surface area (Å²) >= 11 is 0. The van der Waals surface area contributed by atoms with Crippen LogP contribution >= 0.6 is 0 Å². The van der Waals surface area contributed by atoms with E-state index in [-0.39, 0.29) is 31.0 Å². The van der Waals surface area contributed by atoms with Gasteiger partial charge in [-0.2, -0.15) is 13.2 Å². The normalized spacial score (nSPS) is 26.8. The minimum atomic E-state index is -4.51. The van der Waals surface area contributed by atoms with Gasteiger partial charge in [-0.3, -0.25) is 14.6 Å². The lowest BCUT2D eigenvalue weighted by atomic mass is 9.73. The summed E-state index contributed by atoms with van der Waals surface area (Å²) in [6.45, 7) is 5.52. The zero-order chi connectivity index (χ0) is 25.4. The first-order chi connectivity index (χ1) is 16.5. The molecule has 1 amide bonds. The van der Waals surface area contributed by atoms with Crippen LogP contribution in [0.3, 0.4) is 0 Å². The molecule has 0 spiro atoms. The molecular weight excluding hydrogens is 461 g/mol. The van der Waals surface area contributed by atoms with Crippen molar-refractivity contribution in [1.82, 2.24) is 4.90 Å². The number of carbonyl (C=O) groups excluding carboxylic acids is 2. The minimum absolute atomic E-state index is 0.0110. The average molecular weight is 495 g/mol. The lowest BCUT2D eigenvalue weighted by molar-refractivity contribution is -0.149. The van der Waals surface area contributed by atoms with E-state index in [4.69, 9.17) is 14.5 Å². The Morgan fingerprint density at radius 1 is 1.23 bits per heavy atom. The summed E-state index contributed by atoms with van der Waals surface area (Å²) in [6.07, 6.45) is -0.864. The molecular formula is C26H33F3N2O4. The van der Waals surface area contributed by atoms with E-state index >= 15 is 0 Å². The Morgan fingerprint density at radius 2 is 1.94 bits per heavy atom. The highest BCUT2D eigenvalue weighted by atomic mass is 19.4. The van der Waals surface area contributed by atoms with Gasteiger partial charge in [0.1, 0.15) is 0 Å². The summed E-state index contributed by atoms with van der Waals surface area (Å²) in [5.41, 5.74) is 0.368.